The highest BCUT2D eigenvalue weighted by molar-refractivity contribution is 6.05. The Hall–Kier alpha value is -4.67. The molecule has 1 amide bonds. The van der Waals surface area contributed by atoms with Gasteiger partial charge in [-0.1, -0.05) is 48.2 Å². The maximum Gasteiger partial charge on any atom is 0.255 e. The molecule has 0 aliphatic carbocycles. The SMILES string of the molecule is COCCOCCOc1cc(C(=O)Nc2ccc(C#Cc3cccc4ccccc34)cc2)cc(OCCOCCOC)c1OCCOCCOC. The third kappa shape index (κ3) is 13.5. The van der Waals surface area contributed by atoms with E-state index in [1.165, 1.54) is 0 Å². The normalized spacial score (nSPS) is 10.8. The molecule has 4 aromatic carbocycles. The number of anilines is 1. The second kappa shape index (κ2) is 22.9. The maximum absolute atomic E-state index is 13.6. The lowest BCUT2D eigenvalue weighted by atomic mass is 10.0. The lowest BCUT2D eigenvalue weighted by molar-refractivity contribution is 0.0468. The maximum atomic E-state index is 13.6. The molecule has 11 heteroatoms. The minimum absolute atomic E-state index is 0.205. The molecule has 0 saturated carbocycles. The van der Waals surface area contributed by atoms with E-state index in [0.717, 1.165) is 21.9 Å². The lowest BCUT2D eigenvalue weighted by Crippen LogP contribution is -2.16. The van der Waals surface area contributed by atoms with Gasteiger partial charge in [-0.05, 0) is 53.2 Å². The predicted molar refractivity (Wildman–Crippen MR) is 195 cm³/mol. The fourth-order valence-corrected chi connectivity index (χ4v) is 4.74. The van der Waals surface area contributed by atoms with Crippen molar-refractivity contribution >= 4 is 22.4 Å². The highest BCUT2D eigenvalue weighted by Crippen LogP contribution is 2.39. The van der Waals surface area contributed by atoms with Gasteiger partial charge in [0.2, 0.25) is 5.75 Å². The van der Waals surface area contributed by atoms with E-state index in [1.54, 1.807) is 33.5 Å². The van der Waals surface area contributed by atoms with Crippen molar-refractivity contribution in [3.05, 3.63) is 95.6 Å². The Morgan fingerprint density at radius 3 is 1.69 bits per heavy atom. The van der Waals surface area contributed by atoms with Gasteiger partial charge < -0.3 is 47.9 Å². The van der Waals surface area contributed by atoms with E-state index in [-0.39, 0.29) is 25.7 Å². The van der Waals surface area contributed by atoms with E-state index in [1.807, 2.05) is 48.5 Å². The Morgan fingerprint density at radius 1 is 0.569 bits per heavy atom. The van der Waals surface area contributed by atoms with Gasteiger partial charge in [-0.25, -0.2) is 0 Å². The summed E-state index contributed by atoms with van der Waals surface area (Å²) in [5.74, 6) is 7.13. The predicted octanol–water partition coefficient (Wildman–Crippen LogP) is 5.62. The van der Waals surface area contributed by atoms with Crippen molar-refractivity contribution in [3.8, 4) is 29.1 Å². The number of benzene rings is 4. The number of amides is 1. The van der Waals surface area contributed by atoms with Crippen molar-refractivity contribution in [3.63, 3.8) is 0 Å². The van der Waals surface area contributed by atoms with Crippen LogP contribution in [0.4, 0.5) is 5.69 Å². The van der Waals surface area contributed by atoms with Gasteiger partial charge in [-0.3, -0.25) is 4.79 Å². The molecular formula is C40H47NO10. The molecule has 4 aromatic rings. The van der Waals surface area contributed by atoms with Gasteiger partial charge in [0.05, 0.1) is 59.5 Å². The van der Waals surface area contributed by atoms with Crippen LogP contribution in [0.5, 0.6) is 17.2 Å². The van der Waals surface area contributed by atoms with E-state index in [2.05, 4.69) is 35.4 Å². The van der Waals surface area contributed by atoms with Gasteiger partial charge in [-0.2, -0.15) is 0 Å². The Kier molecular flexibility index (Phi) is 17.6. The van der Waals surface area contributed by atoms with Crippen molar-refractivity contribution in [1.29, 1.82) is 0 Å². The van der Waals surface area contributed by atoms with Gasteiger partial charge in [0.15, 0.2) is 11.5 Å². The first kappa shape index (κ1) is 39.1. The van der Waals surface area contributed by atoms with Crippen LogP contribution in [0.1, 0.15) is 21.5 Å². The van der Waals surface area contributed by atoms with Crippen LogP contribution in [0.2, 0.25) is 0 Å². The molecule has 0 fully saturated rings. The zero-order valence-corrected chi connectivity index (χ0v) is 29.6. The zero-order chi connectivity index (χ0) is 35.9. The smallest absolute Gasteiger partial charge is 0.255 e. The van der Waals surface area contributed by atoms with Crippen LogP contribution in [0.3, 0.4) is 0 Å². The number of fused-ring (bicyclic) bond motifs is 1. The molecule has 4 rings (SSSR count). The molecule has 11 nitrogen and oxygen atoms in total. The number of carbonyl (C=O) groups excluding carboxylic acids is 1. The quantitative estimate of drug-likeness (QED) is 0.0773. The highest BCUT2D eigenvalue weighted by Gasteiger charge is 2.20. The Bertz CT molecular complexity index is 1640. The molecule has 0 spiro atoms. The van der Waals surface area contributed by atoms with Crippen molar-refractivity contribution in [1.82, 2.24) is 0 Å². The first-order valence-electron chi connectivity index (χ1n) is 16.8. The topological polar surface area (TPSA) is 112 Å². The molecule has 0 bridgehead atoms. The van der Waals surface area contributed by atoms with E-state index >= 15 is 0 Å². The van der Waals surface area contributed by atoms with Crippen LogP contribution >= 0.6 is 0 Å². The standard InChI is InChI=1S/C40H47NO10/c1-43-17-20-46-23-26-49-37-29-34(30-38(50-27-24-47-21-18-44-2)39(37)51-28-25-48-22-19-45-3)40(42)41-35-15-12-31(13-16-35)11-14-33-9-6-8-32-7-4-5-10-36(32)33/h4-10,12-13,15-16,29-30H,17-28H2,1-3H3,(H,41,42). The molecule has 0 atom stereocenters. The highest BCUT2D eigenvalue weighted by atomic mass is 16.6. The summed E-state index contributed by atoms with van der Waals surface area (Å²) in [6.45, 7) is 4.24. The van der Waals surface area contributed by atoms with Gasteiger partial charge in [-0.15, -0.1) is 0 Å². The number of hydrogen-bond acceptors (Lipinski definition) is 10. The number of carbonyl (C=O) groups is 1. The first-order chi connectivity index (χ1) is 25.1. The van der Waals surface area contributed by atoms with Crippen LogP contribution in [0, 0.1) is 11.8 Å². The monoisotopic (exact) mass is 701 g/mol. The molecule has 0 heterocycles. The minimum atomic E-state index is -0.360. The van der Waals surface area contributed by atoms with Gasteiger partial charge in [0, 0.05) is 43.7 Å². The second-order valence-electron chi connectivity index (χ2n) is 11.0. The number of nitrogens with one attached hydrogen (secondary N) is 1. The molecule has 51 heavy (non-hydrogen) atoms. The van der Waals surface area contributed by atoms with Crippen LogP contribution in [0.15, 0.2) is 78.9 Å². The summed E-state index contributed by atoms with van der Waals surface area (Å²) in [6.07, 6.45) is 0. The van der Waals surface area contributed by atoms with Crippen molar-refractivity contribution in [2.45, 2.75) is 0 Å². The van der Waals surface area contributed by atoms with E-state index in [4.69, 9.17) is 42.6 Å². The summed E-state index contributed by atoms with van der Waals surface area (Å²) in [5, 5.41) is 5.21. The summed E-state index contributed by atoms with van der Waals surface area (Å²) >= 11 is 0. The zero-order valence-electron chi connectivity index (χ0n) is 29.6. The first-order valence-corrected chi connectivity index (χ1v) is 16.8. The van der Waals surface area contributed by atoms with Gasteiger partial charge in [0.1, 0.15) is 19.8 Å². The third-order valence-electron chi connectivity index (χ3n) is 7.30. The summed E-state index contributed by atoms with van der Waals surface area (Å²) in [6, 6.07) is 24.9. The Labute approximate surface area is 300 Å². The number of hydrogen-bond donors (Lipinski definition) is 1. The van der Waals surface area contributed by atoms with E-state index in [9.17, 15) is 4.79 Å². The van der Waals surface area contributed by atoms with E-state index in [0.29, 0.717) is 88.0 Å². The fourth-order valence-electron chi connectivity index (χ4n) is 4.74. The summed E-state index contributed by atoms with van der Waals surface area (Å²) in [4.78, 5) is 13.6. The van der Waals surface area contributed by atoms with Crippen molar-refractivity contribution in [2.75, 3.05) is 106 Å². The fraction of sp³-hybridized carbons (Fsp3) is 0.375. The molecule has 0 aromatic heterocycles. The average molecular weight is 702 g/mol. The Morgan fingerprint density at radius 2 is 1.10 bits per heavy atom. The summed E-state index contributed by atoms with van der Waals surface area (Å²) in [7, 11) is 4.83. The number of methoxy groups -OCH3 is 3. The van der Waals surface area contributed by atoms with Gasteiger partial charge >= 0.3 is 0 Å². The van der Waals surface area contributed by atoms with Crippen LogP contribution < -0.4 is 19.5 Å². The molecule has 0 unspecified atom stereocenters. The molecule has 0 aliphatic rings. The number of rotatable bonds is 23. The molecule has 272 valence electrons. The van der Waals surface area contributed by atoms with Crippen molar-refractivity contribution in [2.24, 2.45) is 0 Å². The Balaban J connectivity index is 1.50. The lowest BCUT2D eigenvalue weighted by Gasteiger charge is -2.19. The molecule has 1 N–H and O–H groups in total. The summed E-state index contributed by atoms with van der Waals surface area (Å²) in [5.41, 5.74) is 2.69. The van der Waals surface area contributed by atoms with Gasteiger partial charge in [0.25, 0.3) is 5.91 Å². The number of ether oxygens (including phenoxy) is 9. The third-order valence-corrected chi connectivity index (χ3v) is 7.30. The van der Waals surface area contributed by atoms with E-state index < -0.39 is 0 Å². The van der Waals surface area contributed by atoms with Crippen LogP contribution in [-0.4, -0.2) is 107 Å². The second-order valence-corrected chi connectivity index (χ2v) is 11.0. The molecule has 0 radical (unpaired) electrons. The molecular weight excluding hydrogens is 654 g/mol. The van der Waals surface area contributed by atoms with Crippen LogP contribution in [-0.2, 0) is 28.4 Å². The summed E-state index contributed by atoms with van der Waals surface area (Å²) < 4.78 is 50.1. The molecule has 0 saturated heterocycles. The minimum Gasteiger partial charge on any atom is -0.487 e. The van der Waals surface area contributed by atoms with Crippen LogP contribution in [0.25, 0.3) is 10.8 Å². The largest absolute Gasteiger partial charge is 0.487 e. The molecule has 0 aliphatic heterocycles. The van der Waals surface area contributed by atoms with Crippen molar-refractivity contribution < 1.29 is 47.4 Å². The average Bonchev–Trinajstić information content (AvgIpc) is 3.16.